The van der Waals surface area contributed by atoms with Crippen LogP contribution in [0.2, 0.25) is 10.0 Å². The van der Waals surface area contributed by atoms with E-state index < -0.39 is 28.4 Å². The van der Waals surface area contributed by atoms with E-state index in [1.54, 1.807) is 25.1 Å². The lowest BCUT2D eigenvalue weighted by Gasteiger charge is -2.24. The molecule has 3 aromatic rings. The summed E-state index contributed by atoms with van der Waals surface area (Å²) < 4.78 is 32.5. The van der Waals surface area contributed by atoms with Gasteiger partial charge in [0.25, 0.3) is 10.0 Å². The molecule has 0 bridgehead atoms. The Morgan fingerprint density at radius 2 is 1.64 bits per heavy atom. The lowest BCUT2D eigenvalue weighted by Crippen LogP contribution is -2.38. The van der Waals surface area contributed by atoms with Crippen molar-refractivity contribution in [3.8, 4) is 0 Å². The topological polar surface area (TPSA) is 92.8 Å². The zero-order chi connectivity index (χ0) is 24.0. The van der Waals surface area contributed by atoms with E-state index in [-0.39, 0.29) is 33.5 Å². The molecule has 172 valence electrons. The van der Waals surface area contributed by atoms with Crippen molar-refractivity contribution in [2.45, 2.75) is 11.8 Å². The van der Waals surface area contributed by atoms with Gasteiger partial charge in [-0.3, -0.25) is 9.10 Å². The second-order valence-electron chi connectivity index (χ2n) is 6.76. The predicted octanol–water partition coefficient (Wildman–Crippen LogP) is 5.00. The molecule has 3 aromatic carbocycles. The number of hydrogen-bond acceptors (Lipinski definition) is 5. The van der Waals surface area contributed by atoms with Crippen LogP contribution in [-0.4, -0.2) is 33.4 Å². The molecular formula is C23H20Cl2N2O5S. The summed E-state index contributed by atoms with van der Waals surface area (Å²) in [5.41, 5.74) is 0.722. The molecule has 0 spiro atoms. The summed E-state index contributed by atoms with van der Waals surface area (Å²) in [6, 6.07) is 18.1. The monoisotopic (exact) mass is 506 g/mol. The molecule has 1 amide bonds. The van der Waals surface area contributed by atoms with Gasteiger partial charge in [0, 0.05) is 5.02 Å². The molecule has 0 aliphatic carbocycles. The SMILES string of the molecule is CCOC(=O)c1ccc(NC(=O)CN(c2ccc(Cl)cc2)S(=O)(=O)c2ccccc2)c(Cl)c1. The lowest BCUT2D eigenvalue weighted by atomic mass is 10.2. The molecule has 1 N–H and O–H groups in total. The first-order valence-electron chi connectivity index (χ1n) is 9.82. The Labute approximate surface area is 201 Å². The van der Waals surface area contributed by atoms with Crippen LogP contribution in [0.5, 0.6) is 0 Å². The molecule has 0 aliphatic rings. The fraction of sp³-hybridized carbons (Fsp3) is 0.130. The molecule has 0 saturated carbocycles. The molecular weight excluding hydrogens is 487 g/mol. The summed E-state index contributed by atoms with van der Waals surface area (Å²) in [5.74, 6) is -1.17. The number of sulfonamides is 1. The van der Waals surface area contributed by atoms with Gasteiger partial charge in [0.05, 0.1) is 33.5 Å². The minimum atomic E-state index is -4.05. The normalized spacial score (nSPS) is 11.0. The van der Waals surface area contributed by atoms with Gasteiger partial charge in [0.1, 0.15) is 6.54 Å². The van der Waals surface area contributed by atoms with Crippen LogP contribution in [0.15, 0.2) is 77.7 Å². The summed E-state index contributed by atoms with van der Waals surface area (Å²) in [6.45, 7) is 1.38. The van der Waals surface area contributed by atoms with Crippen molar-refractivity contribution in [3.63, 3.8) is 0 Å². The Morgan fingerprint density at radius 3 is 2.24 bits per heavy atom. The molecule has 3 rings (SSSR count). The van der Waals surface area contributed by atoms with E-state index in [1.807, 2.05) is 0 Å². The van der Waals surface area contributed by atoms with Crippen LogP contribution in [-0.2, 0) is 19.6 Å². The number of carbonyl (C=O) groups is 2. The van der Waals surface area contributed by atoms with Crippen LogP contribution in [0, 0.1) is 0 Å². The van der Waals surface area contributed by atoms with Gasteiger partial charge in [-0.05, 0) is 61.5 Å². The Bertz CT molecular complexity index is 1250. The highest BCUT2D eigenvalue weighted by molar-refractivity contribution is 7.92. The molecule has 0 radical (unpaired) electrons. The number of nitrogens with one attached hydrogen (secondary N) is 1. The Kier molecular flexibility index (Phi) is 7.97. The summed E-state index contributed by atoms with van der Waals surface area (Å²) in [4.78, 5) is 24.7. The summed E-state index contributed by atoms with van der Waals surface area (Å²) in [6.07, 6.45) is 0. The van der Waals surface area contributed by atoms with Gasteiger partial charge in [-0.2, -0.15) is 0 Å². The van der Waals surface area contributed by atoms with Gasteiger partial charge < -0.3 is 10.1 Å². The zero-order valence-corrected chi connectivity index (χ0v) is 19.8. The van der Waals surface area contributed by atoms with Gasteiger partial charge in [-0.15, -0.1) is 0 Å². The number of hydrogen-bond donors (Lipinski definition) is 1. The number of esters is 1. The first-order valence-corrected chi connectivity index (χ1v) is 12.0. The van der Waals surface area contributed by atoms with Crippen molar-refractivity contribution in [2.24, 2.45) is 0 Å². The standard InChI is InChI=1S/C23H20Cl2N2O5S/c1-2-32-23(29)16-8-13-21(20(25)14-16)26-22(28)15-27(18-11-9-17(24)10-12-18)33(30,31)19-6-4-3-5-7-19/h3-14H,2,15H2,1H3,(H,26,28). The first kappa shape index (κ1) is 24.6. The zero-order valence-electron chi connectivity index (χ0n) is 17.5. The predicted molar refractivity (Wildman–Crippen MR) is 128 cm³/mol. The molecule has 0 saturated heterocycles. The number of rotatable bonds is 8. The number of carbonyl (C=O) groups excluding carboxylic acids is 2. The number of halogens is 2. The van der Waals surface area contributed by atoms with Crippen LogP contribution < -0.4 is 9.62 Å². The van der Waals surface area contributed by atoms with Crippen LogP contribution in [0.1, 0.15) is 17.3 Å². The minimum absolute atomic E-state index is 0.0320. The maximum atomic E-state index is 13.3. The third-order valence-corrected chi connectivity index (χ3v) is 6.84. The number of amides is 1. The van der Waals surface area contributed by atoms with Crippen LogP contribution in [0.25, 0.3) is 0 Å². The number of ether oxygens (including phenoxy) is 1. The molecule has 0 aromatic heterocycles. The fourth-order valence-electron chi connectivity index (χ4n) is 2.92. The van der Waals surface area contributed by atoms with Crippen molar-refractivity contribution < 1.29 is 22.7 Å². The Morgan fingerprint density at radius 1 is 0.970 bits per heavy atom. The third kappa shape index (κ3) is 6.04. The van der Waals surface area contributed by atoms with Crippen LogP contribution in [0.4, 0.5) is 11.4 Å². The highest BCUT2D eigenvalue weighted by Gasteiger charge is 2.27. The van der Waals surface area contributed by atoms with E-state index in [1.165, 1.54) is 54.6 Å². The summed E-state index contributed by atoms with van der Waals surface area (Å²) in [7, 11) is -4.05. The minimum Gasteiger partial charge on any atom is -0.462 e. The lowest BCUT2D eigenvalue weighted by molar-refractivity contribution is -0.114. The summed E-state index contributed by atoms with van der Waals surface area (Å²) in [5, 5.41) is 3.12. The van der Waals surface area contributed by atoms with Crippen molar-refractivity contribution >= 4 is 56.5 Å². The van der Waals surface area contributed by atoms with Crippen LogP contribution >= 0.6 is 23.2 Å². The van der Waals surface area contributed by atoms with E-state index in [9.17, 15) is 18.0 Å². The third-order valence-electron chi connectivity index (χ3n) is 4.49. The van der Waals surface area contributed by atoms with Gasteiger partial charge >= 0.3 is 5.97 Å². The van der Waals surface area contributed by atoms with E-state index in [2.05, 4.69) is 5.32 Å². The van der Waals surface area contributed by atoms with E-state index >= 15 is 0 Å². The number of benzene rings is 3. The highest BCUT2D eigenvalue weighted by atomic mass is 35.5. The molecule has 7 nitrogen and oxygen atoms in total. The van der Waals surface area contributed by atoms with Crippen molar-refractivity contribution in [1.29, 1.82) is 0 Å². The smallest absolute Gasteiger partial charge is 0.338 e. The van der Waals surface area contributed by atoms with E-state index in [4.69, 9.17) is 27.9 Å². The fourth-order valence-corrected chi connectivity index (χ4v) is 4.72. The van der Waals surface area contributed by atoms with E-state index in [0.717, 1.165) is 4.31 Å². The Hall–Kier alpha value is -3.07. The number of anilines is 2. The molecule has 10 heteroatoms. The Balaban J connectivity index is 1.87. The quantitative estimate of drug-likeness (QED) is 0.433. The average Bonchev–Trinajstić information content (AvgIpc) is 2.80. The molecule has 0 atom stereocenters. The molecule has 33 heavy (non-hydrogen) atoms. The number of nitrogens with zero attached hydrogens (tertiary/aromatic N) is 1. The molecule has 0 aliphatic heterocycles. The first-order chi connectivity index (χ1) is 15.7. The summed E-state index contributed by atoms with van der Waals surface area (Å²) >= 11 is 12.1. The molecule has 0 fully saturated rings. The van der Waals surface area contributed by atoms with Crippen LogP contribution in [0.3, 0.4) is 0 Å². The van der Waals surface area contributed by atoms with Crippen molar-refractivity contribution in [1.82, 2.24) is 0 Å². The molecule has 0 heterocycles. The van der Waals surface area contributed by atoms with Gasteiger partial charge in [0.2, 0.25) is 5.91 Å². The maximum Gasteiger partial charge on any atom is 0.338 e. The second kappa shape index (κ2) is 10.7. The van der Waals surface area contributed by atoms with E-state index in [0.29, 0.717) is 5.02 Å². The van der Waals surface area contributed by atoms with Crippen molar-refractivity contribution in [2.75, 3.05) is 22.8 Å². The largest absolute Gasteiger partial charge is 0.462 e. The van der Waals surface area contributed by atoms with Gasteiger partial charge in [-0.25, -0.2) is 13.2 Å². The van der Waals surface area contributed by atoms with Gasteiger partial charge in [-0.1, -0.05) is 41.4 Å². The highest BCUT2D eigenvalue weighted by Crippen LogP contribution is 2.27. The second-order valence-corrected chi connectivity index (χ2v) is 9.47. The van der Waals surface area contributed by atoms with Gasteiger partial charge in [0.15, 0.2) is 0 Å². The molecule has 0 unspecified atom stereocenters. The average molecular weight is 507 g/mol. The van der Waals surface area contributed by atoms with Crippen molar-refractivity contribution in [3.05, 3.63) is 88.4 Å². The maximum absolute atomic E-state index is 13.3.